The van der Waals surface area contributed by atoms with Crippen LogP contribution in [0.5, 0.6) is 0 Å². The number of nitrogens with zero attached hydrogens (tertiary/aromatic N) is 3. The van der Waals surface area contributed by atoms with E-state index in [4.69, 9.17) is 0 Å². The van der Waals surface area contributed by atoms with Crippen molar-refractivity contribution in [2.45, 2.75) is 64.6 Å². The molecule has 26 heavy (non-hydrogen) atoms. The van der Waals surface area contributed by atoms with Crippen LogP contribution in [0.3, 0.4) is 0 Å². The number of fused-ring (bicyclic) bond motifs is 1. The monoisotopic (exact) mass is 360 g/mol. The SMILES string of the molecule is CC(C)(C)N1CCC(N(Cc2ccc3c(n2)NC(=O)CC3)C(=O)O)CC1. The van der Waals surface area contributed by atoms with Gasteiger partial charge in [-0.05, 0) is 51.7 Å². The summed E-state index contributed by atoms with van der Waals surface area (Å²) in [4.78, 5) is 31.8. The first-order chi connectivity index (χ1) is 12.2. The quantitative estimate of drug-likeness (QED) is 0.866. The van der Waals surface area contributed by atoms with E-state index in [9.17, 15) is 14.7 Å². The molecule has 0 radical (unpaired) electrons. The van der Waals surface area contributed by atoms with Gasteiger partial charge in [-0.1, -0.05) is 6.07 Å². The maximum Gasteiger partial charge on any atom is 0.407 e. The molecule has 0 aromatic carbocycles. The fourth-order valence-corrected chi connectivity index (χ4v) is 3.74. The molecule has 2 aliphatic heterocycles. The first-order valence-corrected chi connectivity index (χ1v) is 9.27. The van der Waals surface area contributed by atoms with E-state index < -0.39 is 6.09 Å². The van der Waals surface area contributed by atoms with Crippen LogP contribution in [0, 0.1) is 0 Å². The molecular formula is C19H28N4O3. The molecular weight excluding hydrogens is 332 g/mol. The van der Waals surface area contributed by atoms with Crippen LogP contribution >= 0.6 is 0 Å². The minimum absolute atomic E-state index is 0.00137. The highest BCUT2D eigenvalue weighted by molar-refractivity contribution is 5.92. The van der Waals surface area contributed by atoms with Crippen LogP contribution in [0.25, 0.3) is 0 Å². The van der Waals surface area contributed by atoms with Crippen molar-refractivity contribution in [3.05, 3.63) is 23.4 Å². The number of rotatable bonds is 3. The number of hydrogen-bond donors (Lipinski definition) is 2. The van der Waals surface area contributed by atoms with Crippen LogP contribution in [0.2, 0.25) is 0 Å². The van der Waals surface area contributed by atoms with Gasteiger partial charge in [0.25, 0.3) is 0 Å². The number of pyridine rings is 1. The van der Waals surface area contributed by atoms with E-state index in [-0.39, 0.29) is 24.0 Å². The van der Waals surface area contributed by atoms with E-state index in [1.54, 1.807) is 0 Å². The molecule has 2 N–H and O–H groups in total. The molecule has 0 aliphatic carbocycles. The molecule has 0 unspecified atom stereocenters. The van der Waals surface area contributed by atoms with Crippen molar-refractivity contribution in [1.82, 2.24) is 14.8 Å². The summed E-state index contributed by atoms with van der Waals surface area (Å²) in [6, 6.07) is 3.81. The topological polar surface area (TPSA) is 85.8 Å². The molecule has 7 nitrogen and oxygen atoms in total. The Hall–Kier alpha value is -2.15. The molecule has 1 fully saturated rings. The van der Waals surface area contributed by atoms with E-state index in [0.717, 1.165) is 31.5 Å². The highest BCUT2D eigenvalue weighted by Crippen LogP contribution is 2.25. The zero-order chi connectivity index (χ0) is 18.9. The van der Waals surface area contributed by atoms with Gasteiger partial charge in [0.05, 0.1) is 12.2 Å². The van der Waals surface area contributed by atoms with Gasteiger partial charge in [-0.25, -0.2) is 9.78 Å². The van der Waals surface area contributed by atoms with Gasteiger partial charge in [0, 0.05) is 31.1 Å². The number of piperidine rings is 1. The van der Waals surface area contributed by atoms with Crippen molar-refractivity contribution in [2.24, 2.45) is 0 Å². The first kappa shape index (κ1) is 18.6. The Morgan fingerprint density at radius 1 is 1.31 bits per heavy atom. The lowest BCUT2D eigenvalue weighted by Gasteiger charge is -2.43. The lowest BCUT2D eigenvalue weighted by atomic mass is 9.97. The van der Waals surface area contributed by atoms with Crippen LogP contribution in [0.4, 0.5) is 10.6 Å². The van der Waals surface area contributed by atoms with Crippen LogP contribution in [0.15, 0.2) is 12.1 Å². The highest BCUT2D eigenvalue weighted by atomic mass is 16.4. The molecule has 2 amide bonds. The Morgan fingerprint density at radius 3 is 2.62 bits per heavy atom. The summed E-state index contributed by atoms with van der Waals surface area (Å²) in [7, 11) is 0. The Labute approximate surface area is 154 Å². The van der Waals surface area contributed by atoms with E-state index in [2.05, 4.69) is 36.0 Å². The summed E-state index contributed by atoms with van der Waals surface area (Å²) in [5.74, 6) is 0.540. The smallest absolute Gasteiger partial charge is 0.407 e. The molecule has 1 saturated heterocycles. The predicted molar refractivity (Wildman–Crippen MR) is 99.1 cm³/mol. The number of hydrogen-bond acceptors (Lipinski definition) is 4. The Morgan fingerprint density at radius 2 is 2.00 bits per heavy atom. The average molecular weight is 360 g/mol. The van der Waals surface area contributed by atoms with Crippen LogP contribution in [0.1, 0.15) is 51.3 Å². The van der Waals surface area contributed by atoms with Crippen LogP contribution in [-0.2, 0) is 17.8 Å². The molecule has 0 bridgehead atoms. The number of carbonyl (C=O) groups excluding carboxylic acids is 1. The number of aromatic nitrogens is 1. The molecule has 0 saturated carbocycles. The van der Waals surface area contributed by atoms with Gasteiger partial charge in [0.1, 0.15) is 5.82 Å². The number of likely N-dealkylation sites (tertiary alicyclic amines) is 1. The largest absolute Gasteiger partial charge is 0.465 e. The summed E-state index contributed by atoms with van der Waals surface area (Å²) in [6.07, 6.45) is 1.89. The molecule has 2 aliphatic rings. The van der Waals surface area contributed by atoms with E-state index in [0.29, 0.717) is 24.4 Å². The second-order valence-electron chi connectivity index (χ2n) is 8.16. The zero-order valence-corrected chi connectivity index (χ0v) is 15.8. The number of aryl methyl sites for hydroxylation is 1. The maximum absolute atomic E-state index is 11.8. The Balaban J connectivity index is 1.69. The van der Waals surface area contributed by atoms with Crippen molar-refractivity contribution in [2.75, 3.05) is 18.4 Å². The second kappa shape index (κ2) is 7.23. The van der Waals surface area contributed by atoms with Crippen LogP contribution < -0.4 is 5.32 Å². The lowest BCUT2D eigenvalue weighted by Crippen LogP contribution is -2.51. The van der Waals surface area contributed by atoms with Crippen molar-refractivity contribution >= 4 is 17.8 Å². The standard InChI is InChI=1S/C19H28N4O3/c1-19(2,3)22-10-8-15(9-11-22)23(18(25)26)12-14-6-4-13-5-7-16(24)21-17(13)20-14/h4,6,15H,5,7-12H2,1-3H3,(H,25,26)(H,20,21,24). The van der Waals surface area contributed by atoms with Crippen molar-refractivity contribution in [3.8, 4) is 0 Å². The Bertz CT molecular complexity index is 691. The third-order valence-corrected chi connectivity index (χ3v) is 5.35. The minimum atomic E-state index is -0.914. The van der Waals surface area contributed by atoms with Gasteiger partial charge in [-0.3, -0.25) is 14.6 Å². The minimum Gasteiger partial charge on any atom is -0.465 e. The van der Waals surface area contributed by atoms with E-state index >= 15 is 0 Å². The van der Waals surface area contributed by atoms with Crippen LogP contribution in [-0.4, -0.2) is 56.6 Å². The first-order valence-electron chi connectivity index (χ1n) is 9.27. The second-order valence-corrected chi connectivity index (χ2v) is 8.16. The molecule has 142 valence electrons. The molecule has 1 aromatic rings. The fourth-order valence-electron chi connectivity index (χ4n) is 3.74. The molecule has 1 aromatic heterocycles. The molecule has 0 spiro atoms. The van der Waals surface area contributed by atoms with Gasteiger partial charge in [0.2, 0.25) is 5.91 Å². The number of anilines is 1. The van der Waals surface area contributed by atoms with E-state index in [1.165, 1.54) is 4.90 Å². The molecule has 0 atom stereocenters. The lowest BCUT2D eigenvalue weighted by molar-refractivity contribution is -0.116. The number of amides is 2. The molecule has 3 rings (SSSR count). The summed E-state index contributed by atoms with van der Waals surface area (Å²) in [6.45, 7) is 8.60. The number of carboxylic acid groups (broad SMARTS) is 1. The highest BCUT2D eigenvalue weighted by Gasteiger charge is 2.32. The van der Waals surface area contributed by atoms with Crippen molar-refractivity contribution in [1.29, 1.82) is 0 Å². The summed E-state index contributed by atoms with van der Waals surface area (Å²) in [5, 5.41) is 12.5. The normalized spacial score (nSPS) is 19.0. The predicted octanol–water partition coefficient (Wildman–Crippen LogP) is 2.71. The number of carbonyl (C=O) groups is 2. The number of nitrogens with one attached hydrogen (secondary N) is 1. The third kappa shape index (κ3) is 4.15. The summed E-state index contributed by atoms with van der Waals surface area (Å²) >= 11 is 0. The summed E-state index contributed by atoms with van der Waals surface area (Å²) in [5.41, 5.74) is 1.79. The summed E-state index contributed by atoms with van der Waals surface area (Å²) < 4.78 is 0. The van der Waals surface area contributed by atoms with Gasteiger partial charge in [-0.15, -0.1) is 0 Å². The van der Waals surface area contributed by atoms with Gasteiger partial charge >= 0.3 is 6.09 Å². The maximum atomic E-state index is 11.8. The van der Waals surface area contributed by atoms with Gasteiger partial charge in [-0.2, -0.15) is 0 Å². The molecule has 3 heterocycles. The average Bonchev–Trinajstić information content (AvgIpc) is 2.58. The zero-order valence-electron chi connectivity index (χ0n) is 15.8. The Kier molecular flexibility index (Phi) is 5.18. The fraction of sp³-hybridized carbons (Fsp3) is 0.632. The van der Waals surface area contributed by atoms with Gasteiger partial charge < -0.3 is 10.4 Å². The van der Waals surface area contributed by atoms with Crippen molar-refractivity contribution < 1.29 is 14.7 Å². The van der Waals surface area contributed by atoms with E-state index in [1.807, 2.05) is 12.1 Å². The van der Waals surface area contributed by atoms with Crippen molar-refractivity contribution in [3.63, 3.8) is 0 Å². The van der Waals surface area contributed by atoms with Gasteiger partial charge in [0.15, 0.2) is 0 Å². The third-order valence-electron chi connectivity index (χ3n) is 5.35. The molecule has 7 heteroatoms.